The molecule has 0 spiro atoms. The van der Waals surface area contributed by atoms with Gasteiger partial charge in [0, 0.05) is 29.6 Å². The third-order valence-electron chi connectivity index (χ3n) is 8.94. The van der Waals surface area contributed by atoms with Gasteiger partial charge in [0.1, 0.15) is 17.8 Å². The van der Waals surface area contributed by atoms with Gasteiger partial charge in [-0.05, 0) is 53.8 Å². The molecule has 3 aromatic carbocycles. The normalized spacial score (nSPS) is 18.5. The van der Waals surface area contributed by atoms with Crippen LogP contribution in [-0.4, -0.2) is 47.4 Å². The van der Waals surface area contributed by atoms with Gasteiger partial charge in [-0.2, -0.15) is 0 Å². The van der Waals surface area contributed by atoms with Crippen molar-refractivity contribution in [3.63, 3.8) is 0 Å². The van der Waals surface area contributed by atoms with Crippen molar-refractivity contribution >= 4 is 34.4 Å². The summed E-state index contributed by atoms with van der Waals surface area (Å²) < 4.78 is 5.52. The molecule has 0 radical (unpaired) electrons. The van der Waals surface area contributed by atoms with E-state index in [1.807, 2.05) is 48.5 Å². The first-order valence-corrected chi connectivity index (χ1v) is 15.2. The van der Waals surface area contributed by atoms with Crippen LogP contribution in [0.4, 0.5) is 10.5 Å². The lowest BCUT2D eigenvalue weighted by Gasteiger charge is -2.36. The number of nitrogens with zero attached hydrogens (tertiary/aromatic N) is 2. The number of carbonyl (C=O) groups excluding carboxylic acids is 3. The number of unbranched alkanes of at least 4 members (excludes halogenated alkanes) is 1. The van der Waals surface area contributed by atoms with Crippen LogP contribution in [0.25, 0.3) is 10.9 Å². The van der Waals surface area contributed by atoms with Crippen LogP contribution in [0, 0.1) is 5.92 Å². The molecule has 1 aromatic heterocycles. The highest BCUT2D eigenvalue weighted by Gasteiger charge is 2.53. The van der Waals surface area contributed by atoms with E-state index < -0.39 is 18.1 Å². The minimum Gasteiger partial charge on any atom is -0.497 e. The second-order valence-electron chi connectivity index (χ2n) is 11.5. The van der Waals surface area contributed by atoms with Crippen molar-refractivity contribution in [1.29, 1.82) is 0 Å². The summed E-state index contributed by atoms with van der Waals surface area (Å²) in [5, 5.41) is 4.11. The number of methoxy groups -OCH3 is 1. The van der Waals surface area contributed by atoms with Gasteiger partial charge in [-0.15, -0.1) is 0 Å². The molecule has 8 nitrogen and oxygen atoms in total. The van der Waals surface area contributed by atoms with Crippen molar-refractivity contribution in [2.75, 3.05) is 18.6 Å². The monoisotopic (exact) mass is 578 g/mol. The Morgan fingerprint density at radius 3 is 2.63 bits per heavy atom. The minimum atomic E-state index is -0.718. The highest BCUT2D eigenvalue weighted by Crippen LogP contribution is 2.45. The minimum absolute atomic E-state index is 0.281. The zero-order valence-corrected chi connectivity index (χ0v) is 24.9. The Hall–Kier alpha value is -4.59. The van der Waals surface area contributed by atoms with Gasteiger partial charge < -0.3 is 15.0 Å². The lowest BCUT2D eigenvalue weighted by atomic mass is 9.89. The van der Waals surface area contributed by atoms with E-state index in [1.54, 1.807) is 36.3 Å². The van der Waals surface area contributed by atoms with E-state index >= 15 is 0 Å². The van der Waals surface area contributed by atoms with Crippen molar-refractivity contribution in [3.05, 3.63) is 95.2 Å². The molecule has 0 bridgehead atoms. The molecule has 2 aliphatic rings. The number of carbonyl (C=O) groups is 3. The van der Waals surface area contributed by atoms with Gasteiger partial charge in [0.2, 0.25) is 0 Å². The Bertz CT molecular complexity index is 1680. The third-order valence-corrected chi connectivity index (χ3v) is 8.94. The van der Waals surface area contributed by atoms with Crippen LogP contribution in [0.5, 0.6) is 5.75 Å². The number of hydrogen-bond donors (Lipinski definition) is 2. The van der Waals surface area contributed by atoms with Crippen molar-refractivity contribution in [3.8, 4) is 5.75 Å². The molecule has 0 unspecified atom stereocenters. The van der Waals surface area contributed by atoms with Crippen LogP contribution in [0.2, 0.25) is 0 Å². The number of aromatic nitrogens is 1. The number of fused-ring (bicyclic) bond motifs is 4. The van der Waals surface area contributed by atoms with Crippen molar-refractivity contribution < 1.29 is 19.1 Å². The highest BCUT2D eigenvalue weighted by atomic mass is 16.5. The second-order valence-corrected chi connectivity index (χ2v) is 11.5. The van der Waals surface area contributed by atoms with Crippen LogP contribution in [0.15, 0.2) is 72.8 Å². The smallest absolute Gasteiger partial charge is 0.332 e. The predicted octanol–water partition coefficient (Wildman–Crippen LogP) is 6.61. The number of anilines is 1. The second kappa shape index (κ2) is 12.0. The van der Waals surface area contributed by atoms with E-state index in [1.165, 1.54) is 4.90 Å². The highest BCUT2D eigenvalue weighted by molar-refractivity contribution is 6.24. The Labute approximate surface area is 252 Å². The molecular weight excluding hydrogens is 540 g/mol. The van der Waals surface area contributed by atoms with Crippen LogP contribution in [0.1, 0.15) is 72.8 Å². The van der Waals surface area contributed by atoms with E-state index in [4.69, 9.17) is 4.74 Å². The number of aromatic amines is 1. The van der Waals surface area contributed by atoms with Gasteiger partial charge in [-0.3, -0.25) is 14.5 Å². The molecule has 222 valence electrons. The molecule has 1 saturated heterocycles. The van der Waals surface area contributed by atoms with Gasteiger partial charge in [-0.25, -0.2) is 9.69 Å². The molecule has 1 fully saturated rings. The number of benzene rings is 3. The molecule has 0 aliphatic carbocycles. The Morgan fingerprint density at radius 2 is 1.84 bits per heavy atom. The van der Waals surface area contributed by atoms with Gasteiger partial charge in [-0.1, -0.05) is 75.6 Å². The summed E-state index contributed by atoms with van der Waals surface area (Å²) in [5.41, 5.74) is 4.34. The Morgan fingerprint density at radius 1 is 1.05 bits per heavy atom. The number of urea groups is 1. The number of hydrogen-bond acceptors (Lipinski definition) is 4. The van der Waals surface area contributed by atoms with Crippen LogP contribution >= 0.6 is 0 Å². The molecule has 6 rings (SSSR count). The number of amides is 4. The number of H-pyrrole nitrogens is 1. The van der Waals surface area contributed by atoms with E-state index in [9.17, 15) is 14.4 Å². The van der Waals surface area contributed by atoms with E-state index in [2.05, 4.69) is 24.1 Å². The zero-order chi connectivity index (χ0) is 30.1. The summed E-state index contributed by atoms with van der Waals surface area (Å²) in [6.45, 7) is 4.85. The average molecular weight is 579 g/mol. The van der Waals surface area contributed by atoms with Gasteiger partial charge in [0.25, 0.3) is 11.8 Å². The molecule has 3 heterocycles. The zero-order valence-electron chi connectivity index (χ0n) is 24.9. The maximum absolute atomic E-state index is 14.4. The summed E-state index contributed by atoms with van der Waals surface area (Å²) in [5.74, 6) is 0.436. The van der Waals surface area contributed by atoms with Gasteiger partial charge in [0.05, 0.1) is 18.4 Å². The number of ether oxygens (including phenoxy) is 1. The van der Waals surface area contributed by atoms with Gasteiger partial charge >= 0.3 is 6.03 Å². The summed E-state index contributed by atoms with van der Waals surface area (Å²) in [6.07, 6.45) is 4.63. The third kappa shape index (κ3) is 5.05. The maximum Gasteiger partial charge on any atom is 0.332 e. The summed E-state index contributed by atoms with van der Waals surface area (Å²) >= 11 is 0. The molecule has 0 saturated carbocycles. The molecule has 8 heteroatoms. The maximum atomic E-state index is 14.4. The quantitative estimate of drug-likeness (QED) is 0.207. The fourth-order valence-electron chi connectivity index (χ4n) is 6.59. The first-order chi connectivity index (χ1) is 21.0. The molecule has 43 heavy (non-hydrogen) atoms. The summed E-state index contributed by atoms with van der Waals surface area (Å²) in [6, 6.07) is 20.8. The van der Waals surface area contributed by atoms with Crippen LogP contribution < -0.4 is 15.0 Å². The van der Waals surface area contributed by atoms with Crippen LogP contribution in [0.3, 0.4) is 0 Å². The Kier molecular flexibility index (Phi) is 7.93. The first kappa shape index (κ1) is 28.5. The number of imide groups is 1. The summed E-state index contributed by atoms with van der Waals surface area (Å²) in [7, 11) is 1.61. The summed E-state index contributed by atoms with van der Waals surface area (Å²) in [4.78, 5) is 48.5. The van der Waals surface area contributed by atoms with Crippen molar-refractivity contribution in [2.45, 2.75) is 58.0 Å². The SMILES string of the molecule is CCCC[C@@H](CC)CNC(=O)c1ccccc1N1C(=O)[C@@H]2Cc3c([nH]c4ccccc34)[C@@H](c3cccc(OC)c3)N2C1=O. The van der Waals surface area contributed by atoms with Gasteiger partial charge in [0.15, 0.2) is 0 Å². The molecule has 4 amide bonds. The first-order valence-electron chi connectivity index (χ1n) is 15.2. The number of rotatable bonds is 10. The molecule has 3 atom stereocenters. The Balaban J connectivity index is 1.38. The van der Waals surface area contributed by atoms with Crippen molar-refractivity contribution in [1.82, 2.24) is 15.2 Å². The largest absolute Gasteiger partial charge is 0.497 e. The van der Waals surface area contributed by atoms with E-state index in [-0.39, 0.29) is 11.8 Å². The topological polar surface area (TPSA) is 94.7 Å². The lowest BCUT2D eigenvalue weighted by Crippen LogP contribution is -2.44. The molecular formula is C35H38N4O4. The standard InChI is InChI=1S/C35H38N4O4/c1-4-6-12-22(5-2)21-36-33(40)26-16-8-10-18-29(26)39-34(41)30-20-27-25-15-7-9-17-28(25)37-31(27)32(38(30)35(39)42)23-13-11-14-24(19-23)43-3/h7-11,13-19,22,30,32,37H,4-6,12,20-21H2,1-3H3,(H,36,40)/t22-,30+,32-/m1/s1. The molecule has 2 aliphatic heterocycles. The lowest BCUT2D eigenvalue weighted by molar-refractivity contribution is -0.120. The fourth-order valence-corrected chi connectivity index (χ4v) is 6.59. The fraction of sp³-hybridized carbons (Fsp3) is 0.343. The molecule has 2 N–H and O–H groups in total. The molecule has 4 aromatic rings. The number of nitrogens with one attached hydrogen (secondary N) is 2. The van der Waals surface area contributed by atoms with Crippen molar-refractivity contribution in [2.24, 2.45) is 5.92 Å². The average Bonchev–Trinajstić information content (AvgIpc) is 3.53. The van der Waals surface area contributed by atoms with Crippen LogP contribution in [-0.2, 0) is 11.2 Å². The van der Waals surface area contributed by atoms with E-state index in [0.717, 1.165) is 53.4 Å². The number of para-hydroxylation sites is 2. The van der Waals surface area contributed by atoms with E-state index in [0.29, 0.717) is 35.9 Å². The predicted molar refractivity (Wildman–Crippen MR) is 167 cm³/mol.